The lowest BCUT2D eigenvalue weighted by Crippen LogP contribution is -2.49. The third-order valence-electron chi connectivity index (χ3n) is 4.21. The molecule has 0 atom stereocenters. The average Bonchev–Trinajstić information content (AvgIpc) is 2.94. The molecular formula is C17H21N2Si. The van der Waals surface area contributed by atoms with Crippen LogP contribution in [-0.4, -0.2) is 21.9 Å². The Labute approximate surface area is 122 Å². The summed E-state index contributed by atoms with van der Waals surface area (Å²) >= 11 is 0. The molecule has 1 aliphatic heterocycles. The van der Waals surface area contributed by atoms with Gasteiger partial charge in [-0.3, -0.25) is 0 Å². The Balaban J connectivity index is 2.13. The molecule has 1 saturated heterocycles. The fourth-order valence-electron chi connectivity index (χ4n) is 3.36. The van der Waals surface area contributed by atoms with E-state index in [2.05, 4.69) is 66.0 Å². The highest BCUT2D eigenvalue weighted by Crippen LogP contribution is 2.38. The van der Waals surface area contributed by atoms with E-state index in [0.29, 0.717) is 0 Å². The van der Waals surface area contributed by atoms with Crippen LogP contribution in [0.25, 0.3) is 0 Å². The highest BCUT2D eigenvalue weighted by Gasteiger charge is 2.45. The molecule has 2 aromatic carbocycles. The number of nitrogens with two attached hydrogens (primary N) is 1. The van der Waals surface area contributed by atoms with Crippen LogP contribution >= 0.6 is 0 Å². The molecule has 3 rings (SSSR count). The average molecular weight is 281 g/mol. The molecule has 20 heavy (non-hydrogen) atoms. The molecule has 1 radical (unpaired) electrons. The SMILES string of the molecule is NCC[Si]1CCNC1(c1ccccc1)c1ccccc1. The molecule has 1 aliphatic rings. The standard InChI is InChI=1S/C17H21N2Si/c18-11-13-20-14-12-19-17(20,15-7-3-1-4-8-15)16-9-5-2-6-10-16/h1-10,19H,11-14,18H2. The van der Waals surface area contributed by atoms with E-state index in [0.717, 1.165) is 19.1 Å². The Morgan fingerprint density at radius 1 is 0.950 bits per heavy atom. The van der Waals surface area contributed by atoms with E-state index < -0.39 is 8.80 Å². The van der Waals surface area contributed by atoms with Gasteiger partial charge < -0.3 is 11.1 Å². The molecule has 3 N–H and O–H groups in total. The van der Waals surface area contributed by atoms with Gasteiger partial charge in [-0.15, -0.1) is 0 Å². The van der Waals surface area contributed by atoms with Crippen LogP contribution in [0, 0.1) is 0 Å². The van der Waals surface area contributed by atoms with E-state index in [1.807, 2.05) is 0 Å². The topological polar surface area (TPSA) is 38.0 Å². The van der Waals surface area contributed by atoms with Gasteiger partial charge in [0.25, 0.3) is 0 Å². The van der Waals surface area contributed by atoms with Gasteiger partial charge in [-0.05, 0) is 36.3 Å². The largest absolute Gasteiger partial charge is 0.331 e. The van der Waals surface area contributed by atoms with Crippen molar-refractivity contribution in [2.24, 2.45) is 5.73 Å². The number of hydrogen-bond donors (Lipinski definition) is 2. The van der Waals surface area contributed by atoms with E-state index in [4.69, 9.17) is 5.73 Å². The normalized spacial score (nSPS) is 18.2. The van der Waals surface area contributed by atoms with Gasteiger partial charge in [0.1, 0.15) is 0 Å². The van der Waals surface area contributed by atoms with E-state index in [-0.39, 0.29) is 5.16 Å². The summed E-state index contributed by atoms with van der Waals surface area (Å²) in [4.78, 5) is 0. The van der Waals surface area contributed by atoms with Gasteiger partial charge in [-0.2, -0.15) is 0 Å². The van der Waals surface area contributed by atoms with Crippen LogP contribution < -0.4 is 11.1 Å². The maximum Gasteiger partial charge on any atom is 0.0876 e. The van der Waals surface area contributed by atoms with Crippen molar-refractivity contribution in [2.75, 3.05) is 13.1 Å². The third-order valence-corrected chi connectivity index (χ3v) is 7.77. The van der Waals surface area contributed by atoms with Crippen LogP contribution in [0.15, 0.2) is 60.7 Å². The van der Waals surface area contributed by atoms with E-state index in [1.165, 1.54) is 17.2 Å². The van der Waals surface area contributed by atoms with Crippen molar-refractivity contribution in [3.63, 3.8) is 0 Å². The smallest absolute Gasteiger partial charge is 0.0876 e. The minimum atomic E-state index is -0.601. The van der Waals surface area contributed by atoms with Crippen LogP contribution in [0.1, 0.15) is 11.1 Å². The number of rotatable bonds is 4. The van der Waals surface area contributed by atoms with Crippen molar-refractivity contribution in [1.29, 1.82) is 0 Å². The molecule has 103 valence electrons. The van der Waals surface area contributed by atoms with Gasteiger partial charge in [-0.1, -0.05) is 60.7 Å². The number of benzene rings is 2. The van der Waals surface area contributed by atoms with Gasteiger partial charge in [0.15, 0.2) is 0 Å². The maximum absolute atomic E-state index is 5.88. The molecule has 0 spiro atoms. The molecule has 0 saturated carbocycles. The van der Waals surface area contributed by atoms with Crippen molar-refractivity contribution in [2.45, 2.75) is 17.3 Å². The first kappa shape index (κ1) is 13.6. The van der Waals surface area contributed by atoms with Crippen molar-refractivity contribution >= 4 is 8.80 Å². The summed E-state index contributed by atoms with van der Waals surface area (Å²) in [6, 6.07) is 24.2. The second-order valence-corrected chi connectivity index (χ2v) is 8.26. The first-order valence-corrected chi connectivity index (χ1v) is 9.20. The van der Waals surface area contributed by atoms with E-state index in [9.17, 15) is 0 Å². The van der Waals surface area contributed by atoms with E-state index in [1.54, 1.807) is 0 Å². The predicted molar refractivity (Wildman–Crippen MR) is 86.1 cm³/mol. The van der Waals surface area contributed by atoms with Gasteiger partial charge in [-0.25, -0.2) is 0 Å². The second-order valence-electron chi connectivity index (χ2n) is 5.30. The summed E-state index contributed by atoms with van der Waals surface area (Å²) < 4.78 is 0. The maximum atomic E-state index is 5.88. The summed E-state index contributed by atoms with van der Waals surface area (Å²) in [5.74, 6) is 0. The lowest BCUT2D eigenvalue weighted by molar-refractivity contribution is 0.591. The van der Waals surface area contributed by atoms with Crippen LogP contribution in [0.4, 0.5) is 0 Å². The molecule has 1 fully saturated rings. The summed E-state index contributed by atoms with van der Waals surface area (Å²) in [6.45, 7) is 1.88. The Kier molecular flexibility index (Phi) is 4.01. The first-order valence-electron chi connectivity index (χ1n) is 7.29. The predicted octanol–water partition coefficient (Wildman–Crippen LogP) is 2.53. The Morgan fingerprint density at radius 3 is 2.00 bits per heavy atom. The first-order chi connectivity index (χ1) is 9.88. The van der Waals surface area contributed by atoms with Crippen molar-refractivity contribution in [1.82, 2.24) is 5.32 Å². The zero-order chi connectivity index (χ0) is 13.8. The third kappa shape index (κ3) is 2.22. The molecule has 0 unspecified atom stereocenters. The van der Waals surface area contributed by atoms with E-state index >= 15 is 0 Å². The molecular weight excluding hydrogens is 260 g/mol. The zero-order valence-corrected chi connectivity index (χ0v) is 12.7. The molecule has 1 heterocycles. The molecule has 2 nitrogen and oxygen atoms in total. The van der Waals surface area contributed by atoms with Crippen LogP contribution in [0.2, 0.25) is 12.1 Å². The zero-order valence-electron chi connectivity index (χ0n) is 11.7. The lowest BCUT2D eigenvalue weighted by Gasteiger charge is -2.36. The molecule has 3 heteroatoms. The summed E-state index contributed by atoms with van der Waals surface area (Å²) in [7, 11) is -0.601. The van der Waals surface area contributed by atoms with Crippen LogP contribution in [0.3, 0.4) is 0 Å². The molecule has 0 aromatic heterocycles. The lowest BCUT2D eigenvalue weighted by atomic mass is 9.97. The highest BCUT2D eigenvalue weighted by atomic mass is 28.3. The molecule has 0 bridgehead atoms. The highest BCUT2D eigenvalue weighted by molar-refractivity contribution is 6.64. The Bertz CT molecular complexity index is 502. The van der Waals surface area contributed by atoms with Gasteiger partial charge >= 0.3 is 0 Å². The Hall–Kier alpha value is -1.42. The van der Waals surface area contributed by atoms with Crippen LogP contribution in [-0.2, 0) is 5.16 Å². The van der Waals surface area contributed by atoms with Crippen LogP contribution in [0.5, 0.6) is 0 Å². The second kappa shape index (κ2) is 5.91. The molecule has 0 amide bonds. The minimum Gasteiger partial charge on any atom is -0.331 e. The minimum absolute atomic E-state index is 0.0204. The van der Waals surface area contributed by atoms with Gasteiger partial charge in [0, 0.05) is 0 Å². The molecule has 2 aromatic rings. The number of hydrogen-bond acceptors (Lipinski definition) is 2. The molecule has 0 aliphatic carbocycles. The van der Waals surface area contributed by atoms with Gasteiger partial charge in [0.05, 0.1) is 14.0 Å². The van der Waals surface area contributed by atoms with Gasteiger partial charge in [0.2, 0.25) is 0 Å². The summed E-state index contributed by atoms with van der Waals surface area (Å²) in [5.41, 5.74) is 8.67. The Morgan fingerprint density at radius 2 is 1.50 bits per heavy atom. The monoisotopic (exact) mass is 281 g/mol. The van der Waals surface area contributed by atoms with Crippen molar-refractivity contribution in [3.8, 4) is 0 Å². The summed E-state index contributed by atoms with van der Waals surface area (Å²) in [5, 5.41) is 3.85. The fourth-order valence-corrected chi connectivity index (χ4v) is 6.66. The quantitative estimate of drug-likeness (QED) is 0.845. The van der Waals surface area contributed by atoms with Crippen molar-refractivity contribution < 1.29 is 0 Å². The summed E-state index contributed by atoms with van der Waals surface area (Å²) in [6.07, 6.45) is 0. The fraction of sp³-hybridized carbons (Fsp3) is 0.294. The number of nitrogens with one attached hydrogen (secondary N) is 1. The van der Waals surface area contributed by atoms with Crippen molar-refractivity contribution in [3.05, 3.63) is 71.8 Å².